The van der Waals surface area contributed by atoms with Gasteiger partial charge in [-0.1, -0.05) is 34.6 Å². The van der Waals surface area contributed by atoms with Gasteiger partial charge in [0.05, 0.1) is 6.54 Å². The lowest BCUT2D eigenvalue weighted by Gasteiger charge is -2.35. The van der Waals surface area contributed by atoms with Crippen LogP contribution < -0.4 is 5.32 Å². The minimum absolute atomic E-state index is 0.0202. The molecule has 0 saturated carbocycles. The van der Waals surface area contributed by atoms with Crippen molar-refractivity contribution in [3.05, 3.63) is 0 Å². The summed E-state index contributed by atoms with van der Waals surface area (Å²) >= 11 is 0. The van der Waals surface area contributed by atoms with Gasteiger partial charge in [-0.15, -0.1) is 0 Å². The molecule has 1 fully saturated rings. The molecule has 1 saturated heterocycles. The zero-order valence-electron chi connectivity index (χ0n) is 13.5. The van der Waals surface area contributed by atoms with Gasteiger partial charge < -0.3 is 10.2 Å². The highest BCUT2D eigenvalue weighted by molar-refractivity contribution is 5.87. The SMILES string of the molecule is CC(C)CN1CCN(C(=O)CNC(=O)C(C)(C)C)CC1. The molecular weight excluding hydrogens is 254 g/mol. The van der Waals surface area contributed by atoms with Crippen molar-refractivity contribution in [1.29, 1.82) is 0 Å². The number of amides is 2. The summed E-state index contributed by atoms with van der Waals surface area (Å²) in [6.45, 7) is 14.5. The second-order valence-electron chi connectivity index (χ2n) is 7.01. The van der Waals surface area contributed by atoms with Crippen LogP contribution in [0.3, 0.4) is 0 Å². The van der Waals surface area contributed by atoms with E-state index in [-0.39, 0.29) is 18.4 Å². The van der Waals surface area contributed by atoms with E-state index in [9.17, 15) is 9.59 Å². The Morgan fingerprint density at radius 1 is 1.10 bits per heavy atom. The van der Waals surface area contributed by atoms with Crippen LogP contribution in [0.4, 0.5) is 0 Å². The van der Waals surface area contributed by atoms with E-state index < -0.39 is 5.41 Å². The molecule has 0 spiro atoms. The molecule has 5 heteroatoms. The third kappa shape index (κ3) is 5.49. The average Bonchev–Trinajstić information content (AvgIpc) is 2.34. The van der Waals surface area contributed by atoms with Gasteiger partial charge in [-0.25, -0.2) is 0 Å². The molecule has 2 amide bonds. The highest BCUT2D eigenvalue weighted by Gasteiger charge is 2.24. The second-order valence-corrected chi connectivity index (χ2v) is 7.01. The lowest BCUT2D eigenvalue weighted by atomic mass is 9.96. The van der Waals surface area contributed by atoms with Crippen molar-refractivity contribution in [3.63, 3.8) is 0 Å². The molecule has 20 heavy (non-hydrogen) atoms. The number of nitrogens with one attached hydrogen (secondary N) is 1. The quantitative estimate of drug-likeness (QED) is 0.836. The summed E-state index contributed by atoms with van der Waals surface area (Å²) < 4.78 is 0. The van der Waals surface area contributed by atoms with Gasteiger partial charge >= 0.3 is 0 Å². The molecule has 1 rings (SSSR count). The van der Waals surface area contributed by atoms with Crippen molar-refractivity contribution in [2.45, 2.75) is 34.6 Å². The fraction of sp³-hybridized carbons (Fsp3) is 0.867. The van der Waals surface area contributed by atoms with Crippen LogP contribution in [0.5, 0.6) is 0 Å². The van der Waals surface area contributed by atoms with Crippen molar-refractivity contribution in [3.8, 4) is 0 Å². The van der Waals surface area contributed by atoms with E-state index in [0.29, 0.717) is 5.92 Å². The summed E-state index contributed by atoms with van der Waals surface area (Å²) in [5.41, 5.74) is -0.448. The Kier molecular flexibility index (Phi) is 5.99. The molecule has 1 heterocycles. The normalized spacial score (nSPS) is 17.4. The number of hydrogen-bond donors (Lipinski definition) is 1. The van der Waals surface area contributed by atoms with Crippen molar-refractivity contribution < 1.29 is 9.59 Å². The van der Waals surface area contributed by atoms with Gasteiger partial charge in [0, 0.05) is 38.1 Å². The molecule has 0 aromatic heterocycles. The maximum Gasteiger partial charge on any atom is 0.242 e. The Labute approximate surface area is 122 Å². The fourth-order valence-corrected chi connectivity index (χ4v) is 2.23. The van der Waals surface area contributed by atoms with Gasteiger partial charge in [0.1, 0.15) is 0 Å². The van der Waals surface area contributed by atoms with Crippen LogP contribution in [-0.2, 0) is 9.59 Å². The van der Waals surface area contributed by atoms with Gasteiger partial charge in [-0.05, 0) is 5.92 Å². The molecule has 1 N–H and O–H groups in total. The van der Waals surface area contributed by atoms with Crippen molar-refractivity contribution in [2.24, 2.45) is 11.3 Å². The smallest absolute Gasteiger partial charge is 0.242 e. The van der Waals surface area contributed by atoms with Crippen LogP contribution in [0.1, 0.15) is 34.6 Å². The zero-order chi connectivity index (χ0) is 15.3. The highest BCUT2D eigenvalue weighted by atomic mass is 16.2. The van der Waals surface area contributed by atoms with Gasteiger partial charge in [0.2, 0.25) is 11.8 Å². The molecule has 0 atom stereocenters. The first-order valence-corrected chi connectivity index (χ1v) is 7.48. The first-order valence-electron chi connectivity index (χ1n) is 7.48. The standard InChI is InChI=1S/C15H29N3O2/c1-12(2)11-17-6-8-18(9-7-17)13(19)10-16-14(20)15(3,4)5/h12H,6-11H2,1-5H3,(H,16,20). The van der Waals surface area contributed by atoms with Crippen LogP contribution >= 0.6 is 0 Å². The maximum absolute atomic E-state index is 12.1. The number of nitrogens with zero attached hydrogens (tertiary/aromatic N) is 2. The molecular formula is C15H29N3O2. The number of piperazine rings is 1. The Bertz CT molecular complexity index is 340. The first-order chi connectivity index (χ1) is 9.20. The van der Waals surface area contributed by atoms with Crippen molar-refractivity contribution >= 4 is 11.8 Å². The molecule has 0 aromatic carbocycles. The third-order valence-electron chi connectivity index (χ3n) is 3.43. The highest BCUT2D eigenvalue weighted by Crippen LogP contribution is 2.12. The summed E-state index contributed by atoms with van der Waals surface area (Å²) in [5, 5.41) is 2.72. The Morgan fingerprint density at radius 2 is 1.65 bits per heavy atom. The van der Waals surface area contributed by atoms with Crippen LogP contribution in [0.15, 0.2) is 0 Å². The maximum atomic E-state index is 12.1. The van der Waals surface area contributed by atoms with Gasteiger partial charge in [-0.2, -0.15) is 0 Å². The summed E-state index contributed by atoms with van der Waals surface area (Å²) in [5.74, 6) is 0.597. The Balaban J connectivity index is 2.31. The number of carbonyl (C=O) groups excluding carboxylic acids is 2. The fourth-order valence-electron chi connectivity index (χ4n) is 2.23. The summed E-state index contributed by atoms with van der Waals surface area (Å²) in [4.78, 5) is 28.0. The summed E-state index contributed by atoms with van der Waals surface area (Å²) in [6.07, 6.45) is 0. The van der Waals surface area contributed by atoms with E-state index in [1.165, 1.54) is 0 Å². The zero-order valence-corrected chi connectivity index (χ0v) is 13.5. The molecule has 116 valence electrons. The van der Waals surface area contributed by atoms with Crippen molar-refractivity contribution in [1.82, 2.24) is 15.1 Å². The molecule has 5 nitrogen and oxygen atoms in total. The van der Waals surface area contributed by atoms with Crippen LogP contribution in [-0.4, -0.2) is 60.9 Å². The van der Waals surface area contributed by atoms with E-state index in [2.05, 4.69) is 24.1 Å². The minimum Gasteiger partial charge on any atom is -0.347 e. The Hall–Kier alpha value is -1.10. The lowest BCUT2D eigenvalue weighted by molar-refractivity contribution is -0.136. The third-order valence-corrected chi connectivity index (χ3v) is 3.43. The number of hydrogen-bond acceptors (Lipinski definition) is 3. The first kappa shape index (κ1) is 17.0. The van der Waals surface area contributed by atoms with Gasteiger partial charge in [0.15, 0.2) is 0 Å². The molecule has 0 unspecified atom stereocenters. The minimum atomic E-state index is -0.448. The van der Waals surface area contributed by atoms with E-state index in [4.69, 9.17) is 0 Å². The van der Waals surface area contributed by atoms with Crippen LogP contribution in [0.2, 0.25) is 0 Å². The summed E-state index contributed by atoms with van der Waals surface area (Å²) in [7, 11) is 0. The molecule has 1 aliphatic heterocycles. The topological polar surface area (TPSA) is 52.6 Å². The van der Waals surface area contributed by atoms with E-state index in [1.807, 2.05) is 25.7 Å². The van der Waals surface area contributed by atoms with Gasteiger partial charge in [-0.3, -0.25) is 14.5 Å². The van der Waals surface area contributed by atoms with Crippen LogP contribution in [0, 0.1) is 11.3 Å². The van der Waals surface area contributed by atoms with E-state index >= 15 is 0 Å². The van der Waals surface area contributed by atoms with Gasteiger partial charge in [0.25, 0.3) is 0 Å². The van der Waals surface area contributed by atoms with E-state index in [1.54, 1.807) is 0 Å². The monoisotopic (exact) mass is 283 g/mol. The van der Waals surface area contributed by atoms with Crippen molar-refractivity contribution in [2.75, 3.05) is 39.3 Å². The molecule has 0 aromatic rings. The summed E-state index contributed by atoms with van der Waals surface area (Å²) in [6, 6.07) is 0. The van der Waals surface area contributed by atoms with E-state index in [0.717, 1.165) is 32.7 Å². The molecule has 0 radical (unpaired) electrons. The lowest BCUT2D eigenvalue weighted by Crippen LogP contribution is -2.52. The Morgan fingerprint density at radius 3 is 2.10 bits per heavy atom. The van der Waals surface area contributed by atoms with Crippen LogP contribution in [0.25, 0.3) is 0 Å². The predicted molar refractivity (Wildman–Crippen MR) is 80.3 cm³/mol. The predicted octanol–water partition coefficient (Wildman–Crippen LogP) is 0.949. The largest absolute Gasteiger partial charge is 0.347 e. The second kappa shape index (κ2) is 7.07. The molecule has 1 aliphatic rings. The molecule has 0 bridgehead atoms. The molecule has 0 aliphatic carbocycles. The average molecular weight is 283 g/mol. The number of carbonyl (C=O) groups is 2. The number of rotatable bonds is 4.